The highest BCUT2D eigenvalue weighted by Gasteiger charge is 2.36. The highest BCUT2D eigenvalue weighted by Crippen LogP contribution is 2.48. The summed E-state index contributed by atoms with van der Waals surface area (Å²) in [5, 5.41) is 0. The highest BCUT2D eigenvalue weighted by molar-refractivity contribution is 4.88. The van der Waals surface area contributed by atoms with Crippen LogP contribution in [0, 0.1) is 17.8 Å². The lowest BCUT2D eigenvalue weighted by molar-refractivity contribution is 0.0657. The summed E-state index contributed by atoms with van der Waals surface area (Å²) in [6, 6.07) is 0. The van der Waals surface area contributed by atoms with Crippen molar-refractivity contribution in [1.29, 1.82) is 0 Å². The van der Waals surface area contributed by atoms with Gasteiger partial charge in [-0.3, -0.25) is 0 Å². The molecule has 0 aromatic heterocycles. The van der Waals surface area contributed by atoms with Crippen molar-refractivity contribution < 1.29 is 2.74 Å². The molecule has 0 heteroatoms. The molecule has 0 N–H and O–H groups in total. The second-order valence-electron chi connectivity index (χ2n) is 3.66. The third-order valence-electron chi connectivity index (χ3n) is 2.98. The molecule has 0 radical (unpaired) electrons. The summed E-state index contributed by atoms with van der Waals surface area (Å²) >= 11 is 0. The first kappa shape index (κ1) is 4.00. The SMILES string of the molecule is [2H]C([2H])(C)C1CC2CC(C2)C1. The van der Waals surface area contributed by atoms with Crippen LogP contribution in [0.1, 0.15) is 41.7 Å². The minimum absolute atomic E-state index is 0.361. The van der Waals surface area contributed by atoms with Crippen molar-refractivity contribution in [2.45, 2.75) is 39.0 Å². The van der Waals surface area contributed by atoms with Crippen LogP contribution in [-0.2, 0) is 0 Å². The van der Waals surface area contributed by atoms with Crippen molar-refractivity contribution in [1.82, 2.24) is 0 Å². The number of rotatable bonds is 1. The lowest BCUT2D eigenvalue weighted by atomic mass is 9.61. The van der Waals surface area contributed by atoms with Gasteiger partial charge >= 0.3 is 0 Å². The van der Waals surface area contributed by atoms with Crippen LogP contribution in [0.3, 0.4) is 0 Å². The maximum Gasteiger partial charge on any atom is 0.0267 e. The summed E-state index contributed by atoms with van der Waals surface area (Å²) in [5.74, 6) is 2.13. The summed E-state index contributed by atoms with van der Waals surface area (Å²) < 4.78 is 15.2. The van der Waals surface area contributed by atoms with Gasteiger partial charge in [-0.05, 0) is 43.4 Å². The lowest BCUT2D eigenvalue weighted by Crippen LogP contribution is -2.33. The van der Waals surface area contributed by atoms with E-state index in [9.17, 15) is 0 Å². The summed E-state index contributed by atoms with van der Waals surface area (Å²) in [5.41, 5.74) is 0. The van der Waals surface area contributed by atoms with E-state index < -0.39 is 6.37 Å². The average Bonchev–Trinajstić information content (AvgIpc) is 1.84. The quantitative estimate of drug-likeness (QED) is 0.507. The molecule has 0 amide bonds. The zero-order valence-electron chi connectivity index (χ0n) is 8.06. The Labute approximate surface area is 60.5 Å². The Morgan fingerprint density at radius 3 is 2.11 bits per heavy atom. The molecule has 0 heterocycles. The van der Waals surface area contributed by atoms with Gasteiger partial charge in [0.15, 0.2) is 0 Å². The highest BCUT2D eigenvalue weighted by atomic mass is 14.4. The predicted octanol–water partition coefficient (Wildman–Crippen LogP) is 2.83. The minimum atomic E-state index is -0.919. The molecule has 0 nitrogen and oxygen atoms in total. The largest absolute Gasteiger partial charge is 0.0651 e. The zero-order valence-corrected chi connectivity index (χ0v) is 6.06. The number of hydrogen-bond acceptors (Lipinski definition) is 0. The van der Waals surface area contributed by atoms with Gasteiger partial charge in [-0.1, -0.05) is 13.3 Å². The summed E-state index contributed by atoms with van der Waals surface area (Å²) in [4.78, 5) is 0. The molecular formula is C9H16. The maximum absolute atomic E-state index is 7.60. The van der Waals surface area contributed by atoms with Gasteiger partial charge < -0.3 is 0 Å². The van der Waals surface area contributed by atoms with Gasteiger partial charge in [0.05, 0.1) is 0 Å². The van der Waals surface area contributed by atoms with E-state index in [2.05, 4.69) is 0 Å². The molecule has 3 saturated carbocycles. The van der Waals surface area contributed by atoms with Crippen LogP contribution in [0.4, 0.5) is 0 Å². The molecule has 0 aliphatic heterocycles. The van der Waals surface area contributed by atoms with Crippen molar-refractivity contribution in [2.24, 2.45) is 17.8 Å². The molecule has 2 bridgehead atoms. The molecule has 0 atom stereocenters. The van der Waals surface area contributed by atoms with Gasteiger partial charge in [0.2, 0.25) is 0 Å². The van der Waals surface area contributed by atoms with Crippen molar-refractivity contribution >= 4 is 0 Å². The summed E-state index contributed by atoms with van der Waals surface area (Å²) in [6.07, 6.45) is 4.18. The fraction of sp³-hybridized carbons (Fsp3) is 1.00. The van der Waals surface area contributed by atoms with E-state index in [0.29, 0.717) is 5.92 Å². The first-order chi connectivity index (χ1) is 5.05. The van der Waals surface area contributed by atoms with E-state index in [1.54, 1.807) is 6.92 Å². The van der Waals surface area contributed by atoms with E-state index >= 15 is 0 Å². The van der Waals surface area contributed by atoms with Crippen LogP contribution < -0.4 is 0 Å². The summed E-state index contributed by atoms with van der Waals surface area (Å²) in [6.45, 7) is 1.74. The molecule has 3 aliphatic carbocycles. The van der Waals surface area contributed by atoms with E-state index in [-0.39, 0.29) is 0 Å². The van der Waals surface area contributed by atoms with Crippen molar-refractivity contribution in [3.05, 3.63) is 0 Å². The second-order valence-corrected chi connectivity index (χ2v) is 3.66. The van der Waals surface area contributed by atoms with Crippen LogP contribution in [0.2, 0.25) is 0 Å². The maximum atomic E-state index is 7.60. The molecule has 0 aromatic carbocycles. The standard InChI is InChI=1S/C9H16/c1-2-7-3-8-5-9(4-7)6-8/h7-9H,2-6H2,1H3/i2D2. The van der Waals surface area contributed by atoms with Crippen LogP contribution >= 0.6 is 0 Å². The topological polar surface area (TPSA) is 0 Å². The molecule has 0 aromatic rings. The van der Waals surface area contributed by atoms with Gasteiger partial charge in [-0.2, -0.15) is 0 Å². The zero-order chi connectivity index (χ0) is 8.06. The molecule has 52 valence electrons. The van der Waals surface area contributed by atoms with Gasteiger partial charge in [-0.25, -0.2) is 0 Å². The van der Waals surface area contributed by atoms with Crippen molar-refractivity contribution in [2.75, 3.05) is 0 Å². The Kier molecular flexibility index (Phi) is 0.889. The normalized spacial score (nSPS) is 53.2. The van der Waals surface area contributed by atoms with Crippen LogP contribution in [-0.4, -0.2) is 0 Å². The Hall–Kier alpha value is 0. The molecule has 3 rings (SSSR count). The summed E-state index contributed by atoms with van der Waals surface area (Å²) in [7, 11) is 0. The van der Waals surface area contributed by atoms with Gasteiger partial charge in [0.1, 0.15) is 0 Å². The van der Waals surface area contributed by atoms with Crippen molar-refractivity contribution in [3.63, 3.8) is 0 Å². The number of fused-ring (bicyclic) bond motifs is 2. The van der Waals surface area contributed by atoms with Crippen LogP contribution in [0.5, 0.6) is 0 Å². The first-order valence-corrected chi connectivity index (χ1v) is 4.05. The van der Waals surface area contributed by atoms with Crippen molar-refractivity contribution in [3.8, 4) is 0 Å². The fourth-order valence-electron chi connectivity index (χ4n) is 2.40. The molecule has 0 spiro atoms. The Morgan fingerprint density at radius 1 is 1.22 bits per heavy atom. The Balaban J connectivity index is 1.97. The minimum Gasteiger partial charge on any atom is -0.0651 e. The van der Waals surface area contributed by atoms with Gasteiger partial charge in [0, 0.05) is 2.74 Å². The molecule has 9 heavy (non-hydrogen) atoms. The molecule has 3 aliphatic rings. The third-order valence-corrected chi connectivity index (χ3v) is 2.98. The average molecular weight is 126 g/mol. The smallest absolute Gasteiger partial charge is 0.0267 e. The first-order valence-electron chi connectivity index (χ1n) is 5.05. The van der Waals surface area contributed by atoms with E-state index in [1.165, 1.54) is 12.8 Å². The number of hydrogen-bond donors (Lipinski definition) is 0. The molecular weight excluding hydrogens is 108 g/mol. The Morgan fingerprint density at radius 2 is 1.78 bits per heavy atom. The lowest BCUT2D eigenvalue weighted by Gasteiger charge is -2.45. The second kappa shape index (κ2) is 2.00. The molecule has 0 saturated heterocycles. The monoisotopic (exact) mass is 126 g/mol. The molecule has 3 fully saturated rings. The van der Waals surface area contributed by atoms with Gasteiger partial charge in [0.25, 0.3) is 0 Å². The fourth-order valence-corrected chi connectivity index (χ4v) is 2.40. The van der Waals surface area contributed by atoms with Crippen LogP contribution in [0.25, 0.3) is 0 Å². The third kappa shape index (κ3) is 0.889. The van der Waals surface area contributed by atoms with Gasteiger partial charge in [-0.15, -0.1) is 0 Å². The molecule has 0 unspecified atom stereocenters. The Bertz CT molecular complexity index is 143. The van der Waals surface area contributed by atoms with E-state index in [0.717, 1.165) is 24.7 Å². The van der Waals surface area contributed by atoms with E-state index in [4.69, 9.17) is 2.74 Å². The predicted molar refractivity (Wildman–Crippen MR) is 39.2 cm³/mol. The van der Waals surface area contributed by atoms with E-state index in [1.807, 2.05) is 0 Å². The van der Waals surface area contributed by atoms with Crippen LogP contribution in [0.15, 0.2) is 0 Å².